The van der Waals surface area contributed by atoms with Crippen LogP contribution in [0.4, 0.5) is 4.79 Å². The van der Waals surface area contributed by atoms with E-state index in [0.717, 1.165) is 38.0 Å². The maximum Gasteiger partial charge on any atom is 0.326 e. The van der Waals surface area contributed by atoms with Crippen molar-refractivity contribution in [3.05, 3.63) is 29.8 Å². The molecule has 3 fully saturated rings. The third-order valence-electron chi connectivity index (χ3n) is 5.88. The summed E-state index contributed by atoms with van der Waals surface area (Å²) in [5.41, 5.74) is 0.502. The lowest BCUT2D eigenvalue weighted by Crippen LogP contribution is -2.47. The second-order valence-electron chi connectivity index (χ2n) is 7.52. The Bertz CT molecular complexity index is 686. The van der Waals surface area contributed by atoms with E-state index in [9.17, 15) is 9.59 Å². The molecule has 0 aromatic heterocycles. The van der Waals surface area contributed by atoms with E-state index in [1.807, 2.05) is 19.1 Å². The van der Waals surface area contributed by atoms with Crippen LogP contribution in [-0.2, 0) is 4.79 Å². The molecular weight excluding hydrogens is 318 g/mol. The minimum atomic E-state index is -0.702. The van der Waals surface area contributed by atoms with E-state index in [1.165, 1.54) is 10.5 Å². The highest BCUT2D eigenvalue weighted by Crippen LogP contribution is 2.43. The normalized spacial score (nSPS) is 30.0. The summed E-state index contributed by atoms with van der Waals surface area (Å²) in [6.45, 7) is 3.13. The molecule has 2 heterocycles. The van der Waals surface area contributed by atoms with Crippen molar-refractivity contribution in [2.45, 2.75) is 44.2 Å². The summed E-state index contributed by atoms with van der Waals surface area (Å²) in [7, 11) is 1.66. The van der Waals surface area contributed by atoms with Crippen LogP contribution in [0.3, 0.4) is 0 Å². The number of urea groups is 1. The van der Waals surface area contributed by atoms with Gasteiger partial charge < -0.3 is 10.1 Å². The second-order valence-corrected chi connectivity index (χ2v) is 7.52. The summed E-state index contributed by atoms with van der Waals surface area (Å²) >= 11 is 0. The number of benzene rings is 1. The van der Waals surface area contributed by atoms with Crippen LogP contribution in [0.2, 0.25) is 0 Å². The van der Waals surface area contributed by atoms with E-state index in [2.05, 4.69) is 22.3 Å². The van der Waals surface area contributed by atoms with Gasteiger partial charge in [0.15, 0.2) is 0 Å². The number of rotatable bonds is 5. The molecule has 1 N–H and O–H groups in total. The lowest BCUT2D eigenvalue weighted by molar-refractivity contribution is -0.133. The number of hydrogen-bond donors (Lipinski definition) is 1. The van der Waals surface area contributed by atoms with Gasteiger partial charge >= 0.3 is 6.03 Å². The zero-order valence-electron chi connectivity index (χ0n) is 14.8. The van der Waals surface area contributed by atoms with Crippen LogP contribution in [0.1, 0.15) is 44.2 Å². The standard InChI is InChI=1S/C19H25N3O3/c1-19(14-7-8-14)17(23)22(18(24)20-19)12-21-11-3-4-16(21)13-5-9-15(25-2)10-6-13/h5-6,9-10,14,16H,3-4,7-8,11-12H2,1-2H3,(H,20,24). The molecule has 6 heteroatoms. The topological polar surface area (TPSA) is 61.9 Å². The highest BCUT2D eigenvalue weighted by molar-refractivity contribution is 6.07. The van der Waals surface area contributed by atoms with Gasteiger partial charge in [-0.05, 0) is 56.2 Å². The van der Waals surface area contributed by atoms with Gasteiger partial charge in [0.05, 0.1) is 13.8 Å². The fourth-order valence-electron chi connectivity index (χ4n) is 4.16. The molecular formula is C19H25N3O3. The van der Waals surface area contributed by atoms with Crippen LogP contribution in [-0.4, -0.2) is 47.6 Å². The first kappa shape index (κ1) is 16.4. The van der Waals surface area contributed by atoms with Gasteiger partial charge in [-0.15, -0.1) is 0 Å². The van der Waals surface area contributed by atoms with E-state index in [1.54, 1.807) is 7.11 Å². The van der Waals surface area contributed by atoms with Gasteiger partial charge in [-0.3, -0.25) is 9.69 Å². The minimum Gasteiger partial charge on any atom is -0.497 e. The summed E-state index contributed by atoms with van der Waals surface area (Å²) in [5.74, 6) is 1.06. The van der Waals surface area contributed by atoms with Crippen molar-refractivity contribution < 1.29 is 14.3 Å². The van der Waals surface area contributed by atoms with E-state index >= 15 is 0 Å². The third kappa shape index (κ3) is 2.78. The van der Waals surface area contributed by atoms with E-state index < -0.39 is 5.54 Å². The Labute approximate surface area is 148 Å². The average molecular weight is 343 g/mol. The third-order valence-corrected chi connectivity index (χ3v) is 5.88. The molecule has 25 heavy (non-hydrogen) atoms. The first-order chi connectivity index (χ1) is 12.0. The van der Waals surface area contributed by atoms with Crippen molar-refractivity contribution in [1.29, 1.82) is 0 Å². The highest BCUT2D eigenvalue weighted by atomic mass is 16.5. The summed E-state index contributed by atoms with van der Waals surface area (Å²) in [6.07, 6.45) is 4.15. The van der Waals surface area contributed by atoms with Crippen molar-refractivity contribution in [1.82, 2.24) is 15.1 Å². The number of methoxy groups -OCH3 is 1. The molecule has 2 aliphatic heterocycles. The van der Waals surface area contributed by atoms with Crippen LogP contribution < -0.4 is 10.1 Å². The van der Waals surface area contributed by atoms with Crippen LogP contribution in [0.5, 0.6) is 5.75 Å². The molecule has 4 rings (SSSR count). The maximum atomic E-state index is 12.8. The molecule has 3 aliphatic rings. The molecule has 0 bridgehead atoms. The number of likely N-dealkylation sites (tertiary alicyclic amines) is 1. The quantitative estimate of drug-likeness (QED) is 0.835. The SMILES string of the molecule is COc1ccc(C2CCCN2CN2C(=O)NC(C)(C3CC3)C2=O)cc1. The summed E-state index contributed by atoms with van der Waals surface area (Å²) < 4.78 is 5.23. The number of imide groups is 1. The van der Waals surface area contributed by atoms with E-state index in [4.69, 9.17) is 4.74 Å². The maximum absolute atomic E-state index is 12.8. The van der Waals surface area contributed by atoms with Crippen molar-refractivity contribution in [2.75, 3.05) is 20.3 Å². The lowest BCUT2D eigenvalue weighted by atomic mass is 9.96. The molecule has 0 spiro atoms. The fraction of sp³-hybridized carbons (Fsp3) is 0.579. The van der Waals surface area contributed by atoms with Crippen LogP contribution in [0.15, 0.2) is 24.3 Å². The van der Waals surface area contributed by atoms with E-state index in [0.29, 0.717) is 12.6 Å². The largest absolute Gasteiger partial charge is 0.497 e. The van der Waals surface area contributed by atoms with Crippen molar-refractivity contribution in [3.8, 4) is 5.75 Å². The molecule has 2 atom stereocenters. The van der Waals surface area contributed by atoms with Crippen molar-refractivity contribution >= 4 is 11.9 Å². The monoisotopic (exact) mass is 343 g/mol. The Morgan fingerprint density at radius 3 is 2.56 bits per heavy atom. The molecule has 1 aliphatic carbocycles. The first-order valence-corrected chi connectivity index (χ1v) is 9.05. The van der Waals surface area contributed by atoms with Gasteiger partial charge in [0.25, 0.3) is 5.91 Å². The Balaban J connectivity index is 1.49. The molecule has 3 amide bonds. The number of nitrogens with zero attached hydrogens (tertiary/aromatic N) is 2. The average Bonchev–Trinajstić information content (AvgIpc) is 3.34. The lowest BCUT2D eigenvalue weighted by Gasteiger charge is -2.29. The van der Waals surface area contributed by atoms with Crippen LogP contribution >= 0.6 is 0 Å². The zero-order chi connectivity index (χ0) is 17.6. The van der Waals surface area contributed by atoms with Crippen molar-refractivity contribution in [2.24, 2.45) is 5.92 Å². The second kappa shape index (κ2) is 6.02. The Hall–Kier alpha value is -2.08. The van der Waals surface area contributed by atoms with Gasteiger partial charge in [-0.25, -0.2) is 9.69 Å². The fourth-order valence-corrected chi connectivity index (χ4v) is 4.16. The number of hydrogen-bond acceptors (Lipinski definition) is 4. The summed E-state index contributed by atoms with van der Waals surface area (Å²) in [4.78, 5) is 28.9. The molecule has 1 aromatic rings. The molecule has 1 aromatic carbocycles. The predicted octanol–water partition coefficient (Wildman–Crippen LogP) is 2.51. The van der Waals surface area contributed by atoms with Crippen molar-refractivity contribution in [3.63, 3.8) is 0 Å². The van der Waals surface area contributed by atoms with Crippen LogP contribution in [0, 0.1) is 5.92 Å². The minimum absolute atomic E-state index is 0.0691. The number of nitrogens with one attached hydrogen (secondary N) is 1. The van der Waals surface area contributed by atoms with Crippen LogP contribution in [0.25, 0.3) is 0 Å². The van der Waals surface area contributed by atoms with Gasteiger partial charge in [0.2, 0.25) is 0 Å². The summed E-state index contributed by atoms with van der Waals surface area (Å²) in [5, 5.41) is 2.93. The van der Waals surface area contributed by atoms with Gasteiger partial charge in [0, 0.05) is 12.6 Å². The smallest absolute Gasteiger partial charge is 0.326 e. The molecule has 1 saturated carbocycles. The number of amides is 3. The Kier molecular flexibility index (Phi) is 3.95. The van der Waals surface area contributed by atoms with Gasteiger partial charge in [-0.2, -0.15) is 0 Å². The predicted molar refractivity (Wildman–Crippen MR) is 93.0 cm³/mol. The van der Waals surface area contributed by atoms with Gasteiger partial charge in [0.1, 0.15) is 11.3 Å². The van der Waals surface area contributed by atoms with Gasteiger partial charge in [-0.1, -0.05) is 12.1 Å². The highest BCUT2D eigenvalue weighted by Gasteiger charge is 2.56. The molecule has 134 valence electrons. The number of carbonyl (C=O) groups is 2. The summed E-state index contributed by atoms with van der Waals surface area (Å²) in [6, 6.07) is 8.05. The molecule has 2 saturated heterocycles. The number of carbonyl (C=O) groups excluding carboxylic acids is 2. The molecule has 6 nitrogen and oxygen atoms in total. The number of ether oxygens (including phenoxy) is 1. The first-order valence-electron chi connectivity index (χ1n) is 9.05. The Morgan fingerprint density at radius 2 is 1.92 bits per heavy atom. The zero-order valence-corrected chi connectivity index (χ0v) is 14.8. The Morgan fingerprint density at radius 1 is 1.20 bits per heavy atom. The molecule has 2 unspecified atom stereocenters. The van der Waals surface area contributed by atoms with E-state index in [-0.39, 0.29) is 18.0 Å². The molecule has 0 radical (unpaired) electrons.